The molecule has 1 N–H and O–H groups in total. The monoisotopic (exact) mass is 546 g/mol. The summed E-state index contributed by atoms with van der Waals surface area (Å²) in [7, 11) is -4.05. The third kappa shape index (κ3) is 5.18. The van der Waals surface area contributed by atoms with Gasteiger partial charge < -0.3 is 4.90 Å². The van der Waals surface area contributed by atoms with Crippen molar-refractivity contribution in [1.29, 1.82) is 0 Å². The van der Waals surface area contributed by atoms with Gasteiger partial charge in [0, 0.05) is 35.8 Å². The first-order chi connectivity index (χ1) is 17.5. The number of thioether (sulfide) groups is 1. The van der Waals surface area contributed by atoms with Crippen molar-refractivity contribution in [2.24, 2.45) is 4.99 Å². The van der Waals surface area contributed by atoms with E-state index in [4.69, 9.17) is 0 Å². The number of hydrogen-bond donors (Lipinski definition) is 1. The molecule has 2 aliphatic heterocycles. The topological polar surface area (TPSA) is 100 Å². The van der Waals surface area contributed by atoms with Gasteiger partial charge >= 0.3 is 6.18 Å². The summed E-state index contributed by atoms with van der Waals surface area (Å²) in [6.07, 6.45) is 1.96. The zero-order valence-corrected chi connectivity index (χ0v) is 21.4. The van der Waals surface area contributed by atoms with E-state index >= 15 is 0 Å². The predicted molar refractivity (Wildman–Crippen MR) is 138 cm³/mol. The van der Waals surface area contributed by atoms with E-state index in [1.54, 1.807) is 24.4 Å². The minimum absolute atomic E-state index is 0.207. The molecule has 2 aliphatic rings. The summed E-state index contributed by atoms with van der Waals surface area (Å²) in [6, 6.07) is 6.61. The van der Waals surface area contributed by atoms with Crippen LogP contribution in [0.5, 0.6) is 0 Å². The lowest BCUT2D eigenvalue weighted by molar-refractivity contribution is -0.137. The predicted octanol–water partition coefficient (Wildman–Crippen LogP) is 4.64. The van der Waals surface area contributed by atoms with Gasteiger partial charge in [-0.1, -0.05) is 17.8 Å². The molecule has 2 aromatic heterocycles. The Morgan fingerprint density at radius 3 is 2.73 bits per heavy atom. The van der Waals surface area contributed by atoms with Crippen molar-refractivity contribution >= 4 is 50.8 Å². The molecular formula is C24H21F3N6O2S2. The molecule has 192 valence electrons. The Balaban J connectivity index is 1.46. The highest BCUT2D eigenvalue weighted by molar-refractivity contribution is 7.98. The second-order valence-corrected chi connectivity index (χ2v) is 11.0. The smallest absolute Gasteiger partial charge is 0.308 e. The van der Waals surface area contributed by atoms with Crippen molar-refractivity contribution in [3.8, 4) is 0 Å². The average Bonchev–Trinajstić information content (AvgIpc) is 3.34. The number of amidine groups is 1. The molecule has 0 unspecified atom stereocenters. The lowest BCUT2D eigenvalue weighted by Gasteiger charge is -2.28. The third-order valence-corrected chi connectivity index (χ3v) is 7.66. The van der Waals surface area contributed by atoms with Crippen molar-refractivity contribution < 1.29 is 21.6 Å². The van der Waals surface area contributed by atoms with Crippen LogP contribution in [0.3, 0.4) is 0 Å². The van der Waals surface area contributed by atoms with E-state index in [0.29, 0.717) is 18.2 Å². The van der Waals surface area contributed by atoms with Gasteiger partial charge in [0.25, 0.3) is 0 Å². The quantitative estimate of drug-likeness (QED) is 0.355. The maximum atomic E-state index is 13.0. The zero-order chi connectivity index (χ0) is 26.4. The van der Waals surface area contributed by atoms with E-state index in [1.807, 2.05) is 24.2 Å². The number of rotatable bonds is 6. The molecule has 0 saturated heterocycles. The maximum absolute atomic E-state index is 13.0. The number of sulfonamides is 1. The first kappa shape index (κ1) is 25.2. The highest BCUT2D eigenvalue weighted by atomic mass is 32.2. The minimum atomic E-state index is -4.59. The molecule has 0 aliphatic carbocycles. The van der Waals surface area contributed by atoms with Gasteiger partial charge in [-0.25, -0.2) is 18.4 Å². The highest BCUT2D eigenvalue weighted by Gasteiger charge is 2.32. The summed E-state index contributed by atoms with van der Waals surface area (Å²) in [5.74, 6) is 0.822. The molecule has 0 radical (unpaired) electrons. The Morgan fingerprint density at radius 1 is 1.16 bits per heavy atom. The van der Waals surface area contributed by atoms with Crippen LogP contribution in [0.4, 0.5) is 24.7 Å². The lowest BCUT2D eigenvalue weighted by atomic mass is 9.94. The van der Waals surface area contributed by atoms with Crippen molar-refractivity contribution in [2.45, 2.75) is 24.0 Å². The second-order valence-electron chi connectivity index (χ2n) is 8.48. The number of nitrogens with one attached hydrogen (secondary N) is 1. The van der Waals surface area contributed by atoms with Gasteiger partial charge in [0.1, 0.15) is 17.4 Å². The van der Waals surface area contributed by atoms with Crippen molar-refractivity contribution in [1.82, 2.24) is 15.0 Å². The number of benzene rings is 1. The molecule has 0 saturated carbocycles. The normalized spacial score (nSPS) is 15.1. The molecule has 8 nitrogen and oxygen atoms in total. The molecule has 5 rings (SSSR count). The number of aliphatic imine (C=N–C) groups is 1. The van der Waals surface area contributed by atoms with Crippen LogP contribution < -0.4 is 9.62 Å². The molecule has 3 aromatic rings. The molecule has 0 fully saturated rings. The average molecular weight is 547 g/mol. The van der Waals surface area contributed by atoms with Gasteiger partial charge in [0.2, 0.25) is 10.0 Å². The van der Waals surface area contributed by atoms with Crippen LogP contribution in [0, 0.1) is 6.92 Å². The van der Waals surface area contributed by atoms with Gasteiger partial charge in [-0.15, -0.1) is 0 Å². The molecule has 0 atom stereocenters. The molecule has 37 heavy (non-hydrogen) atoms. The summed E-state index contributed by atoms with van der Waals surface area (Å²) in [6.45, 7) is 3.17. The molecule has 1 aromatic carbocycles. The Bertz CT molecular complexity index is 1550. The molecule has 4 heterocycles. The van der Waals surface area contributed by atoms with Crippen LogP contribution in [-0.2, 0) is 22.0 Å². The number of alkyl halides is 3. The zero-order valence-electron chi connectivity index (χ0n) is 19.7. The number of aryl methyl sites for hydroxylation is 1. The second kappa shape index (κ2) is 9.45. The van der Waals surface area contributed by atoms with Gasteiger partial charge in [-0.2, -0.15) is 13.2 Å². The van der Waals surface area contributed by atoms with Gasteiger partial charge in [0.05, 0.1) is 17.8 Å². The number of aromatic nitrogens is 3. The number of hydrogen-bond acceptors (Lipinski definition) is 8. The highest BCUT2D eigenvalue weighted by Crippen LogP contribution is 2.37. The molecule has 0 spiro atoms. The van der Waals surface area contributed by atoms with E-state index in [-0.39, 0.29) is 11.4 Å². The summed E-state index contributed by atoms with van der Waals surface area (Å²) in [4.78, 5) is 19.5. The molecular weight excluding hydrogens is 525 g/mol. The maximum Gasteiger partial charge on any atom is 0.416 e. The lowest BCUT2D eigenvalue weighted by Crippen LogP contribution is -2.32. The van der Waals surface area contributed by atoms with E-state index in [0.717, 1.165) is 52.2 Å². The minimum Gasteiger partial charge on any atom is -0.308 e. The largest absolute Gasteiger partial charge is 0.416 e. The fourth-order valence-corrected chi connectivity index (χ4v) is 5.65. The van der Waals surface area contributed by atoms with Crippen LogP contribution in [0.1, 0.15) is 27.9 Å². The molecule has 13 heteroatoms. The van der Waals surface area contributed by atoms with Crippen LogP contribution in [0.2, 0.25) is 0 Å². The van der Waals surface area contributed by atoms with Crippen LogP contribution in [0.15, 0.2) is 52.9 Å². The van der Waals surface area contributed by atoms with Crippen LogP contribution >= 0.6 is 11.8 Å². The van der Waals surface area contributed by atoms with Crippen molar-refractivity contribution in [2.75, 3.05) is 29.0 Å². The number of anilines is 2. The van der Waals surface area contributed by atoms with E-state index in [2.05, 4.69) is 24.7 Å². The fraction of sp³-hybridized carbons (Fsp3) is 0.250. The van der Waals surface area contributed by atoms with Crippen molar-refractivity contribution in [3.05, 3.63) is 70.7 Å². The van der Waals surface area contributed by atoms with Crippen molar-refractivity contribution in [3.63, 3.8) is 0 Å². The number of pyridine rings is 1. The van der Waals surface area contributed by atoms with E-state index in [1.165, 1.54) is 11.8 Å². The van der Waals surface area contributed by atoms with Gasteiger partial charge in [-0.3, -0.25) is 14.7 Å². The standard InChI is InChI=1S/C24H21F3N6O2S2/c1-14-3-4-17(32-37(34,35)13-18-10-16(5-6-28-18)24(25,26)27)11-19(14)20-9-15-12-30-23(36-2)31-21(15)33-8-7-29-22(20)33/h3-6,9-12,32H,7-8,13H2,1-2H3. The van der Waals surface area contributed by atoms with E-state index in [9.17, 15) is 21.6 Å². The summed E-state index contributed by atoms with van der Waals surface area (Å²) < 4.78 is 67.1. The summed E-state index contributed by atoms with van der Waals surface area (Å²) in [5.41, 5.74) is 2.42. The Labute approximate surface area is 215 Å². The molecule has 0 amide bonds. The SMILES string of the molecule is CSc1ncc2c(n1)N1CCN=C1C(c1cc(NS(=O)(=O)Cc3cc(C(F)(F)F)ccn3)ccc1C)=C2. The number of fused-ring (bicyclic) bond motifs is 3. The third-order valence-electron chi connectivity index (χ3n) is 5.88. The summed E-state index contributed by atoms with van der Waals surface area (Å²) >= 11 is 1.45. The first-order valence-electron chi connectivity index (χ1n) is 11.1. The Kier molecular flexibility index (Phi) is 6.44. The number of halogens is 3. The summed E-state index contributed by atoms with van der Waals surface area (Å²) in [5, 5.41) is 0.657. The Hall–Kier alpha value is -3.45. The molecule has 0 bridgehead atoms. The first-order valence-corrected chi connectivity index (χ1v) is 14.0. The van der Waals surface area contributed by atoms with Crippen LogP contribution in [0.25, 0.3) is 11.6 Å². The Morgan fingerprint density at radius 2 is 1.97 bits per heavy atom. The number of nitrogens with zero attached hydrogens (tertiary/aromatic N) is 5. The van der Waals surface area contributed by atoms with E-state index < -0.39 is 27.5 Å². The van der Waals surface area contributed by atoms with Gasteiger partial charge in [0.15, 0.2) is 5.16 Å². The van der Waals surface area contributed by atoms with Gasteiger partial charge in [-0.05, 0) is 54.6 Å². The fourth-order valence-electron chi connectivity index (χ4n) is 4.20. The van der Waals surface area contributed by atoms with Crippen LogP contribution in [-0.4, -0.2) is 48.6 Å².